The van der Waals surface area contributed by atoms with Crippen molar-refractivity contribution < 1.29 is 0 Å². The van der Waals surface area contributed by atoms with Gasteiger partial charge in [-0.2, -0.15) is 0 Å². The zero-order valence-corrected chi connectivity index (χ0v) is 13.0. The average Bonchev–Trinajstić information content (AvgIpc) is 2.81. The first-order valence-corrected chi connectivity index (χ1v) is 7.99. The highest BCUT2D eigenvalue weighted by Gasteiger charge is 2.08. The first-order valence-electron chi connectivity index (χ1n) is 6.36. The molecule has 1 unspecified atom stereocenters. The van der Waals surface area contributed by atoms with Crippen LogP contribution >= 0.6 is 23.1 Å². The van der Waals surface area contributed by atoms with Crippen molar-refractivity contribution in [2.24, 2.45) is 0 Å². The van der Waals surface area contributed by atoms with Crippen LogP contribution in [0.1, 0.15) is 36.9 Å². The van der Waals surface area contributed by atoms with E-state index in [1.807, 2.05) is 13.1 Å². The van der Waals surface area contributed by atoms with Crippen LogP contribution in [-0.4, -0.2) is 21.7 Å². The van der Waals surface area contributed by atoms with Crippen LogP contribution in [0.25, 0.3) is 0 Å². The predicted octanol–water partition coefficient (Wildman–Crippen LogP) is 3.45. The normalized spacial score (nSPS) is 12.6. The van der Waals surface area contributed by atoms with Crippen molar-refractivity contribution in [2.45, 2.75) is 42.6 Å². The van der Waals surface area contributed by atoms with Crippen LogP contribution in [0.5, 0.6) is 0 Å². The highest BCUT2D eigenvalue weighted by molar-refractivity contribution is 8.01. The maximum Gasteiger partial charge on any atom is 0.180 e. The SMILES string of the molecule is CCCNC(C)c1ccnc(Sc2nnc(C)s2)c1. The van der Waals surface area contributed by atoms with Gasteiger partial charge >= 0.3 is 0 Å². The van der Waals surface area contributed by atoms with Crippen LogP contribution in [0.15, 0.2) is 27.7 Å². The second kappa shape index (κ2) is 6.98. The molecule has 0 aliphatic heterocycles. The minimum Gasteiger partial charge on any atom is -0.310 e. The summed E-state index contributed by atoms with van der Waals surface area (Å²) in [6, 6.07) is 4.52. The Labute approximate surface area is 122 Å². The molecule has 2 heterocycles. The first-order chi connectivity index (χ1) is 9.19. The fourth-order valence-electron chi connectivity index (χ4n) is 1.64. The van der Waals surface area contributed by atoms with Crippen LogP contribution in [0.4, 0.5) is 0 Å². The third-order valence-corrected chi connectivity index (χ3v) is 4.48. The van der Waals surface area contributed by atoms with Gasteiger partial charge in [0.2, 0.25) is 0 Å². The van der Waals surface area contributed by atoms with Gasteiger partial charge in [0.15, 0.2) is 4.34 Å². The summed E-state index contributed by atoms with van der Waals surface area (Å²) in [6.45, 7) is 7.34. The predicted molar refractivity (Wildman–Crippen MR) is 79.7 cm³/mol. The molecule has 0 spiro atoms. The molecule has 1 N–H and O–H groups in total. The molecule has 19 heavy (non-hydrogen) atoms. The molecule has 0 amide bonds. The largest absolute Gasteiger partial charge is 0.310 e. The fourth-order valence-corrected chi connectivity index (χ4v) is 3.41. The molecule has 0 radical (unpaired) electrons. The maximum absolute atomic E-state index is 4.38. The topological polar surface area (TPSA) is 50.7 Å². The molecule has 2 rings (SSSR count). The van der Waals surface area contributed by atoms with Crippen LogP contribution in [0.2, 0.25) is 0 Å². The number of nitrogens with zero attached hydrogens (tertiary/aromatic N) is 3. The summed E-state index contributed by atoms with van der Waals surface area (Å²) < 4.78 is 0.941. The highest BCUT2D eigenvalue weighted by atomic mass is 32.2. The Bertz CT molecular complexity index is 527. The first kappa shape index (κ1) is 14.4. The van der Waals surface area contributed by atoms with Gasteiger partial charge in [0, 0.05) is 12.2 Å². The van der Waals surface area contributed by atoms with E-state index in [2.05, 4.69) is 46.5 Å². The Balaban J connectivity index is 2.06. The molecule has 0 saturated carbocycles. The lowest BCUT2D eigenvalue weighted by atomic mass is 10.1. The lowest BCUT2D eigenvalue weighted by molar-refractivity contribution is 0.569. The molecule has 4 nitrogen and oxygen atoms in total. The Morgan fingerprint density at radius 3 is 2.95 bits per heavy atom. The van der Waals surface area contributed by atoms with Gasteiger partial charge in [-0.3, -0.25) is 0 Å². The molecular formula is C13H18N4S2. The standard InChI is InChI=1S/C13H18N4S2/c1-4-6-14-9(2)11-5-7-15-12(8-11)19-13-17-16-10(3)18-13/h5,7-9,14H,4,6H2,1-3H3. The molecular weight excluding hydrogens is 276 g/mol. The summed E-state index contributed by atoms with van der Waals surface area (Å²) in [6.07, 6.45) is 3.00. The highest BCUT2D eigenvalue weighted by Crippen LogP contribution is 2.29. The van der Waals surface area contributed by atoms with Crippen molar-refractivity contribution in [1.82, 2.24) is 20.5 Å². The van der Waals surface area contributed by atoms with Crippen LogP contribution in [-0.2, 0) is 0 Å². The number of aryl methyl sites for hydroxylation is 1. The minimum absolute atomic E-state index is 0.346. The molecule has 0 aliphatic carbocycles. The van der Waals surface area contributed by atoms with E-state index in [0.29, 0.717) is 6.04 Å². The molecule has 0 aromatic carbocycles. The summed E-state index contributed by atoms with van der Waals surface area (Å²) in [5.41, 5.74) is 1.26. The van der Waals surface area contributed by atoms with Gasteiger partial charge in [-0.25, -0.2) is 4.98 Å². The van der Waals surface area contributed by atoms with Crippen molar-refractivity contribution >= 4 is 23.1 Å². The number of hydrogen-bond donors (Lipinski definition) is 1. The smallest absolute Gasteiger partial charge is 0.180 e. The van der Waals surface area contributed by atoms with Crippen molar-refractivity contribution in [3.63, 3.8) is 0 Å². The molecule has 6 heteroatoms. The summed E-state index contributed by atoms with van der Waals surface area (Å²) in [4.78, 5) is 4.38. The zero-order valence-electron chi connectivity index (χ0n) is 11.4. The minimum atomic E-state index is 0.346. The van der Waals surface area contributed by atoms with E-state index in [-0.39, 0.29) is 0 Å². The molecule has 102 valence electrons. The molecule has 2 aromatic rings. The Kier molecular flexibility index (Phi) is 5.30. The zero-order chi connectivity index (χ0) is 13.7. The van der Waals surface area contributed by atoms with Crippen molar-refractivity contribution in [3.8, 4) is 0 Å². The lowest BCUT2D eigenvalue weighted by Gasteiger charge is -2.13. The third kappa shape index (κ3) is 4.26. The second-order valence-electron chi connectivity index (χ2n) is 4.29. The molecule has 0 fully saturated rings. The van der Waals surface area contributed by atoms with Gasteiger partial charge < -0.3 is 5.32 Å². The van der Waals surface area contributed by atoms with E-state index in [4.69, 9.17) is 0 Å². The van der Waals surface area contributed by atoms with E-state index in [1.165, 1.54) is 5.56 Å². The third-order valence-electron chi connectivity index (χ3n) is 2.66. The maximum atomic E-state index is 4.38. The Morgan fingerprint density at radius 1 is 1.42 bits per heavy atom. The molecule has 1 atom stereocenters. The second-order valence-corrected chi connectivity index (χ2v) is 6.74. The molecule has 0 bridgehead atoms. The summed E-state index contributed by atoms with van der Waals surface area (Å²) in [7, 11) is 0. The van der Waals surface area contributed by atoms with Gasteiger partial charge in [0.25, 0.3) is 0 Å². The van der Waals surface area contributed by atoms with E-state index in [0.717, 1.165) is 27.3 Å². The number of aromatic nitrogens is 3. The van der Waals surface area contributed by atoms with E-state index in [9.17, 15) is 0 Å². The molecule has 2 aromatic heterocycles. The van der Waals surface area contributed by atoms with Gasteiger partial charge in [0.1, 0.15) is 10.0 Å². The Hall–Kier alpha value is -0.980. The summed E-state index contributed by atoms with van der Waals surface area (Å²) >= 11 is 3.17. The van der Waals surface area contributed by atoms with Gasteiger partial charge in [0.05, 0.1) is 0 Å². The van der Waals surface area contributed by atoms with Crippen LogP contribution in [0.3, 0.4) is 0 Å². The number of pyridine rings is 1. The van der Waals surface area contributed by atoms with Gasteiger partial charge in [-0.15, -0.1) is 10.2 Å². The molecule has 0 aliphatic rings. The Morgan fingerprint density at radius 2 is 2.26 bits per heavy atom. The lowest BCUT2D eigenvalue weighted by Crippen LogP contribution is -2.19. The van der Waals surface area contributed by atoms with E-state index >= 15 is 0 Å². The quantitative estimate of drug-likeness (QED) is 0.884. The number of nitrogens with one attached hydrogen (secondary N) is 1. The fraction of sp³-hybridized carbons (Fsp3) is 0.462. The van der Waals surface area contributed by atoms with Crippen molar-refractivity contribution in [2.75, 3.05) is 6.54 Å². The molecule has 0 saturated heterocycles. The summed E-state index contributed by atoms with van der Waals surface area (Å²) in [5.74, 6) is 0. The number of rotatable bonds is 6. The van der Waals surface area contributed by atoms with Gasteiger partial charge in [-0.1, -0.05) is 18.3 Å². The average molecular weight is 294 g/mol. The van der Waals surface area contributed by atoms with Crippen LogP contribution in [0, 0.1) is 6.92 Å². The van der Waals surface area contributed by atoms with Crippen molar-refractivity contribution in [1.29, 1.82) is 0 Å². The number of hydrogen-bond acceptors (Lipinski definition) is 6. The van der Waals surface area contributed by atoms with E-state index in [1.54, 1.807) is 23.1 Å². The van der Waals surface area contributed by atoms with Crippen molar-refractivity contribution in [3.05, 3.63) is 28.9 Å². The monoisotopic (exact) mass is 294 g/mol. The van der Waals surface area contributed by atoms with E-state index < -0.39 is 0 Å². The summed E-state index contributed by atoms with van der Waals surface area (Å²) in [5, 5.41) is 13.6. The van der Waals surface area contributed by atoms with Crippen LogP contribution < -0.4 is 5.32 Å². The van der Waals surface area contributed by atoms with Gasteiger partial charge in [-0.05, 0) is 56.3 Å².